The summed E-state index contributed by atoms with van der Waals surface area (Å²) in [7, 11) is 0. The Labute approximate surface area is 186 Å². The highest BCUT2D eigenvalue weighted by molar-refractivity contribution is 7.99. The average molecular weight is 461 g/mol. The van der Waals surface area contributed by atoms with Crippen molar-refractivity contribution >= 4 is 45.1 Å². The first-order chi connectivity index (χ1) is 15.0. The summed E-state index contributed by atoms with van der Waals surface area (Å²) in [6.07, 6.45) is 3.72. The van der Waals surface area contributed by atoms with E-state index in [0.29, 0.717) is 11.7 Å². The van der Waals surface area contributed by atoms with Crippen molar-refractivity contribution in [1.82, 2.24) is 20.4 Å². The molecule has 0 bridgehead atoms. The van der Waals surface area contributed by atoms with E-state index in [-0.39, 0.29) is 16.9 Å². The Morgan fingerprint density at radius 1 is 1.26 bits per heavy atom. The molecule has 0 saturated carbocycles. The molecule has 0 radical (unpaired) electrons. The Bertz CT molecular complexity index is 1220. The lowest BCUT2D eigenvalue weighted by atomic mass is 10.2. The van der Waals surface area contributed by atoms with Crippen LogP contribution in [0.5, 0.6) is 0 Å². The van der Waals surface area contributed by atoms with Crippen molar-refractivity contribution in [3.8, 4) is 0 Å². The molecule has 0 atom stereocenters. The van der Waals surface area contributed by atoms with Gasteiger partial charge in [0.15, 0.2) is 5.16 Å². The van der Waals surface area contributed by atoms with Gasteiger partial charge in [0.1, 0.15) is 10.6 Å². The molecule has 7 nitrogen and oxygen atoms in total. The fraction of sp³-hybridized carbons (Fsp3) is 0.333. The number of benzene rings is 1. The van der Waals surface area contributed by atoms with E-state index in [1.807, 2.05) is 6.92 Å². The van der Waals surface area contributed by atoms with Crippen molar-refractivity contribution < 1.29 is 14.0 Å². The number of thioether (sulfide) groups is 1. The van der Waals surface area contributed by atoms with Gasteiger partial charge in [-0.15, -0.1) is 11.3 Å². The predicted molar refractivity (Wildman–Crippen MR) is 119 cm³/mol. The van der Waals surface area contributed by atoms with Crippen molar-refractivity contribution in [3.63, 3.8) is 0 Å². The van der Waals surface area contributed by atoms with Gasteiger partial charge in [-0.3, -0.25) is 29.8 Å². The van der Waals surface area contributed by atoms with E-state index in [1.165, 1.54) is 29.1 Å². The number of carbonyl (C=O) groups excluding carboxylic acids is 2. The maximum Gasteiger partial charge on any atom is 0.272 e. The number of hydrogen-bond acceptors (Lipinski definition) is 6. The molecule has 1 aliphatic rings. The number of halogens is 1. The van der Waals surface area contributed by atoms with Crippen molar-refractivity contribution in [3.05, 3.63) is 56.4 Å². The van der Waals surface area contributed by atoms with E-state index in [9.17, 15) is 18.8 Å². The van der Waals surface area contributed by atoms with E-state index in [1.54, 1.807) is 15.9 Å². The maximum absolute atomic E-state index is 13.7. The van der Waals surface area contributed by atoms with Crippen molar-refractivity contribution in [2.45, 2.75) is 44.3 Å². The van der Waals surface area contributed by atoms with Crippen LogP contribution in [0, 0.1) is 5.82 Å². The number of thiophene rings is 1. The zero-order chi connectivity index (χ0) is 22.0. The summed E-state index contributed by atoms with van der Waals surface area (Å²) in [6, 6.07) is 5.50. The Balaban J connectivity index is 1.46. The van der Waals surface area contributed by atoms with Gasteiger partial charge in [0.2, 0.25) is 5.91 Å². The first kappa shape index (κ1) is 21.5. The Morgan fingerprint density at radius 2 is 2.06 bits per heavy atom. The van der Waals surface area contributed by atoms with E-state index in [4.69, 9.17) is 0 Å². The average Bonchev–Trinajstić information content (AvgIpc) is 3.34. The van der Waals surface area contributed by atoms with Gasteiger partial charge in [-0.2, -0.15) is 0 Å². The number of carbonyl (C=O) groups is 2. The van der Waals surface area contributed by atoms with Crippen LogP contribution in [0.15, 0.2) is 34.2 Å². The van der Waals surface area contributed by atoms with Gasteiger partial charge in [0.25, 0.3) is 11.5 Å². The van der Waals surface area contributed by atoms with Gasteiger partial charge in [-0.05, 0) is 43.4 Å². The molecule has 2 aromatic heterocycles. The molecule has 0 saturated heterocycles. The van der Waals surface area contributed by atoms with Crippen LogP contribution < -0.4 is 16.4 Å². The lowest BCUT2D eigenvalue weighted by molar-refractivity contribution is -0.119. The van der Waals surface area contributed by atoms with Crippen LogP contribution >= 0.6 is 23.1 Å². The number of nitrogens with one attached hydrogen (secondary N) is 2. The molecule has 1 aromatic carbocycles. The molecule has 0 aliphatic heterocycles. The van der Waals surface area contributed by atoms with E-state index < -0.39 is 17.6 Å². The van der Waals surface area contributed by atoms with Crippen molar-refractivity contribution in [2.75, 3.05) is 5.75 Å². The Kier molecular flexibility index (Phi) is 6.38. The second-order valence-corrected chi connectivity index (χ2v) is 9.19. The predicted octanol–water partition coefficient (Wildman–Crippen LogP) is 3.05. The highest BCUT2D eigenvalue weighted by Gasteiger charge is 2.23. The second kappa shape index (κ2) is 9.19. The third-order valence-corrected chi connectivity index (χ3v) is 7.17. The van der Waals surface area contributed by atoms with Crippen molar-refractivity contribution in [2.24, 2.45) is 0 Å². The smallest absolute Gasteiger partial charge is 0.272 e. The van der Waals surface area contributed by atoms with Gasteiger partial charge in [0.05, 0.1) is 16.7 Å². The number of fused-ring (bicyclic) bond motifs is 3. The highest BCUT2D eigenvalue weighted by Crippen LogP contribution is 2.35. The first-order valence-corrected chi connectivity index (χ1v) is 11.8. The van der Waals surface area contributed by atoms with Gasteiger partial charge in [0, 0.05) is 11.4 Å². The van der Waals surface area contributed by atoms with E-state index in [0.717, 1.165) is 53.2 Å². The number of aryl methyl sites for hydroxylation is 2. The van der Waals surface area contributed by atoms with Crippen LogP contribution in [-0.2, 0) is 24.2 Å². The minimum atomic E-state index is -0.744. The van der Waals surface area contributed by atoms with Gasteiger partial charge in [-0.1, -0.05) is 30.8 Å². The van der Waals surface area contributed by atoms with E-state index >= 15 is 0 Å². The zero-order valence-corrected chi connectivity index (χ0v) is 18.5. The quantitative estimate of drug-likeness (QED) is 0.335. The molecule has 1 aliphatic carbocycles. The zero-order valence-electron chi connectivity index (χ0n) is 16.9. The highest BCUT2D eigenvalue weighted by atomic mass is 32.2. The fourth-order valence-corrected chi connectivity index (χ4v) is 5.72. The molecule has 10 heteroatoms. The van der Waals surface area contributed by atoms with Gasteiger partial charge >= 0.3 is 0 Å². The van der Waals surface area contributed by atoms with E-state index in [2.05, 4.69) is 15.8 Å². The summed E-state index contributed by atoms with van der Waals surface area (Å²) in [5, 5.41) is 1.20. The lowest BCUT2D eigenvalue weighted by Crippen LogP contribution is -2.42. The molecule has 2 amide bonds. The van der Waals surface area contributed by atoms with Crippen LogP contribution in [0.25, 0.3) is 10.2 Å². The van der Waals surface area contributed by atoms with Gasteiger partial charge < -0.3 is 0 Å². The number of amides is 2. The van der Waals surface area contributed by atoms with Crippen LogP contribution in [0.1, 0.15) is 40.6 Å². The lowest BCUT2D eigenvalue weighted by Gasteiger charge is -2.12. The standard InChI is InChI=1S/C21H21FN4O3S2/c1-2-10-26-20(29)17-13-7-5-9-15(13)31-19(17)23-21(26)30-11-16(27)24-25-18(28)12-6-3-4-8-14(12)22/h3-4,6,8H,2,5,7,9-11H2,1H3,(H,24,27)(H,25,28). The SMILES string of the molecule is CCCn1c(SCC(=O)NNC(=O)c2ccccc2F)nc2sc3c(c2c1=O)CCC3. The molecule has 3 aromatic rings. The number of hydrogen-bond donors (Lipinski definition) is 2. The molecule has 2 N–H and O–H groups in total. The monoisotopic (exact) mass is 460 g/mol. The summed E-state index contributed by atoms with van der Waals surface area (Å²) in [5.74, 6) is -1.95. The summed E-state index contributed by atoms with van der Waals surface area (Å²) in [6.45, 7) is 2.49. The number of hydrazine groups is 1. The molecule has 0 spiro atoms. The second-order valence-electron chi connectivity index (χ2n) is 7.16. The van der Waals surface area contributed by atoms with Crippen LogP contribution in [-0.4, -0.2) is 27.1 Å². The normalized spacial score (nSPS) is 12.7. The van der Waals surface area contributed by atoms with Crippen LogP contribution in [0.4, 0.5) is 4.39 Å². The summed E-state index contributed by atoms with van der Waals surface area (Å²) in [5.41, 5.74) is 5.39. The largest absolute Gasteiger partial charge is 0.287 e. The first-order valence-electron chi connectivity index (χ1n) is 10.0. The summed E-state index contributed by atoms with van der Waals surface area (Å²) in [4.78, 5) is 44.0. The molecule has 31 heavy (non-hydrogen) atoms. The minimum absolute atomic E-state index is 0.0513. The van der Waals surface area contributed by atoms with Crippen LogP contribution in [0.2, 0.25) is 0 Å². The summed E-state index contributed by atoms with van der Waals surface area (Å²) >= 11 is 2.69. The number of aromatic nitrogens is 2. The molecular weight excluding hydrogens is 439 g/mol. The van der Waals surface area contributed by atoms with Gasteiger partial charge in [-0.25, -0.2) is 9.37 Å². The number of nitrogens with zero attached hydrogens (tertiary/aromatic N) is 2. The third-order valence-electron chi connectivity index (χ3n) is 5.00. The van der Waals surface area contributed by atoms with Crippen LogP contribution in [0.3, 0.4) is 0 Å². The maximum atomic E-state index is 13.7. The fourth-order valence-electron chi connectivity index (χ4n) is 3.59. The summed E-state index contributed by atoms with van der Waals surface area (Å²) < 4.78 is 15.3. The third kappa shape index (κ3) is 4.35. The Morgan fingerprint density at radius 3 is 2.84 bits per heavy atom. The van der Waals surface area contributed by atoms with Crippen molar-refractivity contribution in [1.29, 1.82) is 0 Å². The molecule has 4 rings (SSSR count). The molecule has 0 unspecified atom stereocenters. The number of rotatable bonds is 6. The molecular formula is C21H21FN4O3S2. The topological polar surface area (TPSA) is 93.1 Å². The minimum Gasteiger partial charge on any atom is -0.287 e. The molecule has 2 heterocycles. The Hall–Kier alpha value is -2.72. The molecule has 162 valence electrons. The molecule has 0 fully saturated rings.